The Balaban J connectivity index is -0.000000408. The minimum absolute atomic E-state index is 0.142. The molecule has 0 aliphatic heterocycles. The first-order valence-corrected chi connectivity index (χ1v) is 8.41. The number of aliphatic carboxylic acids is 3. The monoisotopic (exact) mass is 434 g/mol. The van der Waals surface area contributed by atoms with Crippen LogP contribution in [0.5, 0.6) is 0 Å². The van der Waals surface area contributed by atoms with Crippen LogP contribution in [-0.2, 0) is 38.4 Å². The van der Waals surface area contributed by atoms with Gasteiger partial charge in [-0.3, -0.25) is 38.4 Å². The van der Waals surface area contributed by atoms with Crippen LogP contribution < -0.4 is 0 Å². The van der Waals surface area contributed by atoms with Crippen molar-refractivity contribution in [3.8, 4) is 0 Å². The van der Waals surface area contributed by atoms with Crippen molar-refractivity contribution in [3.63, 3.8) is 0 Å². The van der Waals surface area contributed by atoms with Crippen LogP contribution in [0.15, 0.2) is 0 Å². The van der Waals surface area contributed by atoms with E-state index in [2.05, 4.69) is 0 Å². The number of ketones is 5. The van der Waals surface area contributed by atoms with E-state index in [9.17, 15) is 38.4 Å². The fourth-order valence-corrected chi connectivity index (χ4v) is 1.63. The molecule has 0 saturated heterocycles. The van der Waals surface area contributed by atoms with Crippen LogP contribution in [0.1, 0.15) is 52.9 Å². The largest absolute Gasteiger partial charge is 0.481 e. The van der Waals surface area contributed by atoms with Gasteiger partial charge in [0.2, 0.25) is 0 Å². The summed E-state index contributed by atoms with van der Waals surface area (Å²) in [6, 6.07) is 0. The Kier molecular flexibility index (Phi) is 18.6. The third-order valence-corrected chi connectivity index (χ3v) is 2.71. The van der Waals surface area contributed by atoms with Crippen molar-refractivity contribution in [3.05, 3.63) is 0 Å². The second-order valence-electron chi connectivity index (χ2n) is 6.10. The van der Waals surface area contributed by atoms with Crippen LogP contribution in [0.4, 0.5) is 0 Å². The van der Waals surface area contributed by atoms with E-state index in [4.69, 9.17) is 20.4 Å². The SMILES string of the molecule is CC(=O)CC(=O)CC(CC(=O)O)C(=O)O.CC(=O)CC(=O)CO.CC(=O)CC(=O)O. The fraction of sp³-hybridized carbons (Fsp3) is 0.556. The summed E-state index contributed by atoms with van der Waals surface area (Å²) < 4.78 is 0. The molecule has 0 aliphatic rings. The number of carbonyl (C=O) groups is 8. The molecule has 1 atom stereocenters. The van der Waals surface area contributed by atoms with Gasteiger partial charge in [0.05, 0.1) is 25.2 Å². The zero-order valence-corrected chi connectivity index (χ0v) is 16.9. The summed E-state index contributed by atoms with van der Waals surface area (Å²) in [5.41, 5.74) is 0. The molecular weight excluding hydrogens is 408 g/mol. The van der Waals surface area contributed by atoms with Crippen molar-refractivity contribution >= 4 is 46.8 Å². The quantitative estimate of drug-likeness (QED) is 0.290. The molecular formula is C18H26O12. The maximum atomic E-state index is 11.1. The number of aliphatic hydroxyl groups excluding tert-OH is 1. The maximum Gasteiger partial charge on any atom is 0.310 e. The minimum atomic E-state index is -1.34. The lowest BCUT2D eigenvalue weighted by atomic mass is 9.97. The van der Waals surface area contributed by atoms with E-state index in [1.165, 1.54) is 20.8 Å². The number of hydrogen-bond acceptors (Lipinski definition) is 9. The Hall–Kier alpha value is -3.28. The number of hydrogen-bond donors (Lipinski definition) is 4. The number of aliphatic hydroxyl groups is 1. The molecule has 30 heavy (non-hydrogen) atoms. The molecule has 0 heterocycles. The van der Waals surface area contributed by atoms with Crippen LogP contribution in [0.3, 0.4) is 0 Å². The molecule has 0 bridgehead atoms. The van der Waals surface area contributed by atoms with Crippen molar-refractivity contribution in [2.45, 2.75) is 52.9 Å². The van der Waals surface area contributed by atoms with Gasteiger partial charge in [0.15, 0.2) is 5.78 Å². The molecule has 1 unspecified atom stereocenters. The molecule has 0 amide bonds. The Morgan fingerprint density at radius 1 is 0.600 bits per heavy atom. The van der Waals surface area contributed by atoms with Crippen LogP contribution in [0.25, 0.3) is 0 Å². The van der Waals surface area contributed by atoms with Gasteiger partial charge >= 0.3 is 17.9 Å². The van der Waals surface area contributed by atoms with E-state index in [-0.39, 0.29) is 36.6 Å². The smallest absolute Gasteiger partial charge is 0.310 e. The van der Waals surface area contributed by atoms with Crippen molar-refractivity contribution < 1.29 is 58.8 Å². The Labute approximate surface area is 171 Å². The molecule has 0 aromatic carbocycles. The molecule has 0 aromatic rings. The van der Waals surface area contributed by atoms with Gasteiger partial charge in [-0.1, -0.05) is 0 Å². The fourth-order valence-electron chi connectivity index (χ4n) is 1.63. The molecule has 0 saturated carbocycles. The molecule has 170 valence electrons. The molecule has 0 fully saturated rings. The van der Waals surface area contributed by atoms with Gasteiger partial charge in [-0.2, -0.15) is 0 Å². The predicted octanol–water partition coefficient (Wildman–Crippen LogP) is -0.323. The molecule has 4 N–H and O–H groups in total. The lowest BCUT2D eigenvalue weighted by Crippen LogP contribution is -2.22. The van der Waals surface area contributed by atoms with Gasteiger partial charge in [-0.15, -0.1) is 0 Å². The average molecular weight is 434 g/mol. The van der Waals surface area contributed by atoms with E-state index in [1.54, 1.807) is 0 Å². The minimum Gasteiger partial charge on any atom is -0.481 e. The van der Waals surface area contributed by atoms with Crippen LogP contribution in [0, 0.1) is 5.92 Å². The molecule has 12 heteroatoms. The summed E-state index contributed by atoms with van der Waals surface area (Å²) in [4.78, 5) is 82.1. The standard InChI is InChI=1S/C9H12O6.C5H8O3.C4H6O3/c1-5(10)2-7(11)3-6(9(14)15)4-8(12)13;1-4(7)2-5(8)3-6;1-3(5)2-4(6)7/h6H,2-4H2,1H3,(H,12,13)(H,14,15);6H,2-3H2,1H3;2H2,1H3,(H,6,7). The summed E-state index contributed by atoms with van der Waals surface area (Å²) in [6.07, 6.45) is -1.87. The lowest BCUT2D eigenvalue weighted by Gasteiger charge is -2.07. The average Bonchev–Trinajstić information content (AvgIpc) is 2.52. The third-order valence-electron chi connectivity index (χ3n) is 2.71. The molecule has 0 rings (SSSR count). The highest BCUT2D eigenvalue weighted by Crippen LogP contribution is 2.11. The second kappa shape index (κ2) is 17.8. The first-order valence-electron chi connectivity index (χ1n) is 8.41. The summed E-state index contributed by atoms with van der Waals surface area (Å²) in [5, 5.41) is 32.9. The normalized spacial score (nSPS) is 10.1. The highest BCUT2D eigenvalue weighted by molar-refractivity contribution is 5.99. The highest BCUT2D eigenvalue weighted by Gasteiger charge is 2.24. The van der Waals surface area contributed by atoms with Crippen LogP contribution >= 0.6 is 0 Å². The second-order valence-corrected chi connectivity index (χ2v) is 6.10. The van der Waals surface area contributed by atoms with Gasteiger partial charge in [0, 0.05) is 6.42 Å². The van der Waals surface area contributed by atoms with Gasteiger partial charge in [0.1, 0.15) is 36.2 Å². The number of carbonyl (C=O) groups excluding carboxylic acids is 5. The van der Waals surface area contributed by atoms with E-state index >= 15 is 0 Å². The zero-order chi connectivity index (χ0) is 24.4. The maximum absolute atomic E-state index is 11.1. The zero-order valence-electron chi connectivity index (χ0n) is 16.9. The van der Waals surface area contributed by atoms with E-state index in [1.807, 2.05) is 0 Å². The first-order chi connectivity index (χ1) is 13.6. The third kappa shape index (κ3) is 26.9. The summed E-state index contributed by atoms with van der Waals surface area (Å²) in [7, 11) is 0. The van der Waals surface area contributed by atoms with Crippen molar-refractivity contribution in [1.29, 1.82) is 0 Å². The van der Waals surface area contributed by atoms with Crippen molar-refractivity contribution in [1.82, 2.24) is 0 Å². The van der Waals surface area contributed by atoms with Crippen LogP contribution in [0.2, 0.25) is 0 Å². The predicted molar refractivity (Wildman–Crippen MR) is 98.6 cm³/mol. The van der Waals surface area contributed by atoms with E-state index in [0.29, 0.717) is 0 Å². The summed E-state index contributed by atoms with van der Waals surface area (Å²) >= 11 is 0. The Bertz CT molecular complexity index is 650. The van der Waals surface area contributed by atoms with E-state index in [0.717, 1.165) is 0 Å². The van der Waals surface area contributed by atoms with Crippen LogP contribution in [-0.4, -0.2) is 73.9 Å². The Morgan fingerprint density at radius 3 is 1.20 bits per heavy atom. The molecule has 0 aliphatic carbocycles. The number of carboxylic acids is 3. The molecule has 0 radical (unpaired) electrons. The number of Topliss-reactive ketones (excluding diaryl/α,β-unsaturated/α-hetero) is 5. The topological polar surface area (TPSA) is 217 Å². The highest BCUT2D eigenvalue weighted by atomic mass is 16.4. The summed E-state index contributed by atoms with van der Waals surface area (Å²) in [5.74, 6) is -6.78. The van der Waals surface area contributed by atoms with Crippen molar-refractivity contribution in [2.75, 3.05) is 6.61 Å². The summed E-state index contributed by atoms with van der Waals surface area (Å²) in [6.45, 7) is 3.24. The molecule has 0 spiro atoms. The first kappa shape index (κ1) is 31.4. The molecule has 0 aromatic heterocycles. The Morgan fingerprint density at radius 2 is 1.00 bits per heavy atom. The van der Waals surface area contributed by atoms with E-state index < -0.39 is 54.8 Å². The number of carboxylic acid groups (broad SMARTS) is 3. The van der Waals surface area contributed by atoms with Gasteiger partial charge in [-0.25, -0.2) is 0 Å². The van der Waals surface area contributed by atoms with Gasteiger partial charge < -0.3 is 20.4 Å². The van der Waals surface area contributed by atoms with Gasteiger partial charge in [-0.05, 0) is 20.8 Å². The number of rotatable bonds is 12. The molecule has 12 nitrogen and oxygen atoms in total. The lowest BCUT2D eigenvalue weighted by molar-refractivity contribution is -0.149. The van der Waals surface area contributed by atoms with Gasteiger partial charge in [0.25, 0.3) is 0 Å². The van der Waals surface area contributed by atoms with Crippen molar-refractivity contribution in [2.24, 2.45) is 5.92 Å².